The zero-order chi connectivity index (χ0) is 17.1. The molecule has 2 aromatic heterocycles. The van der Waals surface area contributed by atoms with E-state index in [1.807, 2.05) is 23.4 Å². The van der Waals surface area contributed by atoms with E-state index in [1.165, 1.54) is 12.0 Å². The standard InChI is InChI=1S/C19H23N5O/c25-18(17-12-21-7-8-22-17)24-9-2-4-19(15-24)5-10-23(14-19)13-16-3-1-6-20-11-16/h1,3,6-8,11-12H,2,4-5,9-10,13-15H2/t19-/m0/s1. The summed E-state index contributed by atoms with van der Waals surface area (Å²) in [6.07, 6.45) is 11.9. The first-order valence-electron chi connectivity index (χ1n) is 8.91. The van der Waals surface area contributed by atoms with Gasteiger partial charge in [0.2, 0.25) is 0 Å². The average Bonchev–Trinajstić information content (AvgIpc) is 3.04. The summed E-state index contributed by atoms with van der Waals surface area (Å²) in [5, 5.41) is 0. The van der Waals surface area contributed by atoms with Gasteiger partial charge in [0.15, 0.2) is 0 Å². The molecule has 0 N–H and O–H groups in total. The molecule has 25 heavy (non-hydrogen) atoms. The molecular formula is C19H23N5O. The molecule has 0 bridgehead atoms. The molecule has 0 aliphatic carbocycles. The number of hydrogen-bond acceptors (Lipinski definition) is 5. The minimum Gasteiger partial charge on any atom is -0.337 e. The van der Waals surface area contributed by atoms with Gasteiger partial charge in [-0.25, -0.2) is 4.98 Å². The first kappa shape index (κ1) is 16.1. The highest BCUT2D eigenvalue weighted by atomic mass is 16.2. The van der Waals surface area contributed by atoms with Gasteiger partial charge >= 0.3 is 0 Å². The fraction of sp³-hybridized carbons (Fsp3) is 0.474. The fourth-order valence-corrected chi connectivity index (χ4v) is 4.20. The maximum atomic E-state index is 12.7. The number of nitrogens with zero attached hydrogens (tertiary/aromatic N) is 5. The summed E-state index contributed by atoms with van der Waals surface area (Å²) >= 11 is 0. The zero-order valence-electron chi connectivity index (χ0n) is 14.3. The molecule has 4 rings (SSSR count). The van der Waals surface area contributed by atoms with Crippen molar-refractivity contribution in [1.29, 1.82) is 0 Å². The van der Waals surface area contributed by atoms with Gasteiger partial charge in [-0.15, -0.1) is 0 Å². The molecule has 0 unspecified atom stereocenters. The Bertz CT molecular complexity index is 723. The second-order valence-corrected chi connectivity index (χ2v) is 7.24. The molecule has 2 fully saturated rings. The summed E-state index contributed by atoms with van der Waals surface area (Å²) in [5.74, 6) is 0.0119. The van der Waals surface area contributed by atoms with Gasteiger partial charge in [0.1, 0.15) is 5.69 Å². The third kappa shape index (κ3) is 3.54. The van der Waals surface area contributed by atoms with Crippen LogP contribution in [0.5, 0.6) is 0 Å². The number of piperidine rings is 1. The molecule has 0 radical (unpaired) electrons. The lowest BCUT2D eigenvalue weighted by Crippen LogP contribution is -2.47. The number of carbonyl (C=O) groups is 1. The molecule has 2 saturated heterocycles. The summed E-state index contributed by atoms with van der Waals surface area (Å²) in [7, 11) is 0. The summed E-state index contributed by atoms with van der Waals surface area (Å²) in [4.78, 5) is 29.6. The number of aromatic nitrogens is 3. The molecule has 6 nitrogen and oxygen atoms in total. The average molecular weight is 337 g/mol. The number of likely N-dealkylation sites (tertiary alicyclic amines) is 2. The van der Waals surface area contributed by atoms with E-state index in [4.69, 9.17) is 0 Å². The van der Waals surface area contributed by atoms with Crippen molar-refractivity contribution in [2.24, 2.45) is 5.41 Å². The highest BCUT2D eigenvalue weighted by Gasteiger charge is 2.42. The molecule has 1 atom stereocenters. The monoisotopic (exact) mass is 337 g/mol. The number of amides is 1. The van der Waals surface area contributed by atoms with Crippen LogP contribution in [0.3, 0.4) is 0 Å². The Balaban J connectivity index is 1.42. The smallest absolute Gasteiger partial charge is 0.274 e. The van der Waals surface area contributed by atoms with E-state index in [1.54, 1.807) is 18.6 Å². The van der Waals surface area contributed by atoms with Crippen LogP contribution < -0.4 is 0 Å². The first-order valence-corrected chi connectivity index (χ1v) is 8.91. The maximum Gasteiger partial charge on any atom is 0.274 e. The molecule has 1 spiro atoms. The Morgan fingerprint density at radius 2 is 2.00 bits per heavy atom. The third-order valence-corrected chi connectivity index (χ3v) is 5.38. The topological polar surface area (TPSA) is 62.2 Å². The van der Waals surface area contributed by atoms with Gasteiger partial charge in [0.25, 0.3) is 5.91 Å². The quantitative estimate of drug-likeness (QED) is 0.857. The molecular weight excluding hydrogens is 314 g/mol. The van der Waals surface area contributed by atoms with Gasteiger partial charge in [0.05, 0.1) is 6.20 Å². The van der Waals surface area contributed by atoms with Crippen LogP contribution in [-0.4, -0.2) is 56.8 Å². The summed E-state index contributed by atoms with van der Waals surface area (Å²) in [5.41, 5.74) is 1.92. The molecule has 6 heteroatoms. The van der Waals surface area contributed by atoms with Crippen molar-refractivity contribution >= 4 is 5.91 Å². The minimum absolute atomic E-state index is 0.0119. The Hall–Kier alpha value is -2.34. The van der Waals surface area contributed by atoms with Crippen LogP contribution >= 0.6 is 0 Å². The van der Waals surface area contributed by atoms with Crippen LogP contribution in [0.25, 0.3) is 0 Å². The maximum absolute atomic E-state index is 12.7. The van der Waals surface area contributed by atoms with Crippen LogP contribution in [0.15, 0.2) is 43.1 Å². The van der Waals surface area contributed by atoms with E-state index in [0.29, 0.717) is 5.69 Å². The second kappa shape index (κ2) is 6.88. The molecule has 2 aromatic rings. The van der Waals surface area contributed by atoms with E-state index in [0.717, 1.165) is 45.6 Å². The largest absolute Gasteiger partial charge is 0.337 e. The van der Waals surface area contributed by atoms with Crippen LogP contribution in [0.1, 0.15) is 35.3 Å². The summed E-state index contributed by atoms with van der Waals surface area (Å²) in [6, 6.07) is 4.12. The van der Waals surface area contributed by atoms with Gasteiger partial charge in [-0.2, -0.15) is 0 Å². The van der Waals surface area contributed by atoms with Crippen LogP contribution in [0.4, 0.5) is 0 Å². The Morgan fingerprint density at radius 1 is 1.08 bits per heavy atom. The number of carbonyl (C=O) groups excluding carboxylic acids is 1. The van der Waals surface area contributed by atoms with Gasteiger partial charge in [0, 0.05) is 56.4 Å². The summed E-state index contributed by atoms with van der Waals surface area (Å²) in [6.45, 7) is 4.72. The molecule has 130 valence electrons. The lowest BCUT2D eigenvalue weighted by molar-refractivity contribution is 0.0521. The summed E-state index contributed by atoms with van der Waals surface area (Å²) < 4.78 is 0. The Labute approximate surface area is 147 Å². The second-order valence-electron chi connectivity index (χ2n) is 7.24. The molecule has 0 aromatic carbocycles. The number of rotatable bonds is 3. The van der Waals surface area contributed by atoms with Crippen LogP contribution in [0, 0.1) is 5.41 Å². The minimum atomic E-state index is 0.0119. The Morgan fingerprint density at radius 3 is 2.80 bits per heavy atom. The van der Waals surface area contributed by atoms with E-state index in [-0.39, 0.29) is 11.3 Å². The van der Waals surface area contributed by atoms with Crippen LogP contribution in [0.2, 0.25) is 0 Å². The van der Waals surface area contributed by atoms with Crippen molar-refractivity contribution in [1.82, 2.24) is 24.8 Å². The lowest BCUT2D eigenvalue weighted by atomic mass is 9.79. The van der Waals surface area contributed by atoms with Crippen molar-refractivity contribution in [3.05, 3.63) is 54.4 Å². The Kier molecular flexibility index (Phi) is 4.44. The van der Waals surface area contributed by atoms with Crippen molar-refractivity contribution in [2.45, 2.75) is 25.8 Å². The molecule has 2 aliphatic heterocycles. The fourth-order valence-electron chi connectivity index (χ4n) is 4.20. The number of pyridine rings is 1. The van der Waals surface area contributed by atoms with Gasteiger partial charge in [-0.1, -0.05) is 6.07 Å². The highest BCUT2D eigenvalue weighted by molar-refractivity contribution is 5.92. The molecule has 4 heterocycles. The normalized spacial score (nSPS) is 23.9. The van der Waals surface area contributed by atoms with Crippen molar-refractivity contribution in [3.63, 3.8) is 0 Å². The molecule has 2 aliphatic rings. The van der Waals surface area contributed by atoms with Crippen molar-refractivity contribution in [2.75, 3.05) is 26.2 Å². The van der Waals surface area contributed by atoms with E-state index >= 15 is 0 Å². The van der Waals surface area contributed by atoms with Crippen LogP contribution in [-0.2, 0) is 6.54 Å². The first-order chi connectivity index (χ1) is 12.2. The van der Waals surface area contributed by atoms with Crippen molar-refractivity contribution < 1.29 is 4.79 Å². The lowest BCUT2D eigenvalue weighted by Gasteiger charge is -2.40. The highest BCUT2D eigenvalue weighted by Crippen LogP contribution is 2.39. The molecule has 0 saturated carbocycles. The van der Waals surface area contributed by atoms with E-state index < -0.39 is 0 Å². The predicted molar refractivity (Wildman–Crippen MR) is 93.7 cm³/mol. The van der Waals surface area contributed by atoms with E-state index in [9.17, 15) is 4.79 Å². The van der Waals surface area contributed by atoms with Gasteiger partial charge in [-0.3, -0.25) is 19.7 Å². The number of hydrogen-bond donors (Lipinski definition) is 0. The van der Waals surface area contributed by atoms with Gasteiger partial charge in [-0.05, 0) is 37.4 Å². The van der Waals surface area contributed by atoms with Gasteiger partial charge < -0.3 is 4.90 Å². The third-order valence-electron chi connectivity index (χ3n) is 5.38. The van der Waals surface area contributed by atoms with E-state index in [2.05, 4.69) is 25.9 Å². The SMILES string of the molecule is O=C(c1cnccn1)N1CCC[C@@]2(CCN(Cc3cccnc3)C2)C1. The van der Waals surface area contributed by atoms with Crippen molar-refractivity contribution in [3.8, 4) is 0 Å². The molecule has 1 amide bonds. The zero-order valence-corrected chi connectivity index (χ0v) is 14.3. The predicted octanol–water partition coefficient (Wildman–Crippen LogP) is 2.00.